The molecule has 128 valence electrons. The highest BCUT2D eigenvalue weighted by Gasteiger charge is 2.22. The van der Waals surface area contributed by atoms with E-state index in [0.29, 0.717) is 0 Å². The Morgan fingerprint density at radius 2 is 2.25 bits per heavy atom. The number of amides is 1. The molecule has 2 N–H and O–H groups in total. The third-order valence-corrected chi connectivity index (χ3v) is 3.41. The third kappa shape index (κ3) is 4.06. The number of halogens is 2. The number of nitrogens with one attached hydrogen (secondary N) is 1. The highest BCUT2D eigenvalue weighted by molar-refractivity contribution is 6.30. The van der Waals surface area contributed by atoms with Gasteiger partial charge in [0.25, 0.3) is 5.91 Å². The summed E-state index contributed by atoms with van der Waals surface area (Å²) in [4.78, 5) is 23.2. The Kier molecular flexibility index (Phi) is 5.83. The molecule has 0 radical (unpaired) electrons. The summed E-state index contributed by atoms with van der Waals surface area (Å²) in [6, 6.07) is 3.17. The van der Waals surface area contributed by atoms with Crippen LogP contribution in [0.3, 0.4) is 0 Å². The number of hydrogen-bond donors (Lipinski definition) is 2. The van der Waals surface area contributed by atoms with Crippen molar-refractivity contribution in [1.29, 1.82) is 0 Å². The van der Waals surface area contributed by atoms with Crippen molar-refractivity contribution in [3.05, 3.63) is 40.9 Å². The summed E-state index contributed by atoms with van der Waals surface area (Å²) < 4.78 is 19.8. The second-order valence-corrected chi connectivity index (χ2v) is 5.17. The minimum Gasteiger partial charge on any atom is -0.480 e. The van der Waals surface area contributed by atoms with E-state index in [9.17, 15) is 14.0 Å². The lowest BCUT2D eigenvalue weighted by Crippen LogP contribution is -2.41. The van der Waals surface area contributed by atoms with Crippen molar-refractivity contribution in [2.24, 2.45) is 0 Å². The van der Waals surface area contributed by atoms with Gasteiger partial charge in [0.05, 0.1) is 11.2 Å². The molecule has 1 unspecified atom stereocenters. The zero-order valence-electron chi connectivity index (χ0n) is 12.6. The Hall–Kier alpha value is -2.52. The molecule has 0 aliphatic heterocycles. The van der Waals surface area contributed by atoms with Gasteiger partial charge in [-0.25, -0.2) is 13.9 Å². The van der Waals surface area contributed by atoms with Gasteiger partial charge in [0, 0.05) is 20.1 Å². The molecule has 0 saturated carbocycles. The van der Waals surface area contributed by atoms with Crippen LogP contribution in [0.2, 0.25) is 5.02 Å². The molecule has 10 heteroatoms. The number of aliphatic carboxylic acids is 1. The lowest BCUT2D eigenvalue weighted by Gasteiger charge is -2.12. The standard InChI is InChI=1S/C14H14ClFN4O4/c1-24-6-5-9(14(22)23)17-13(21)10-7-20(19-18-10)11-4-2-3-8(15)12(11)16/h2-4,7,9H,5-6H2,1H3,(H,17,21)(H,22,23). The fourth-order valence-corrected chi connectivity index (χ4v) is 2.05. The third-order valence-electron chi connectivity index (χ3n) is 3.12. The summed E-state index contributed by atoms with van der Waals surface area (Å²) in [7, 11) is 1.42. The van der Waals surface area contributed by atoms with Crippen LogP contribution in [0, 0.1) is 5.82 Å². The van der Waals surface area contributed by atoms with Gasteiger partial charge in [-0.1, -0.05) is 22.9 Å². The fraction of sp³-hybridized carbons (Fsp3) is 0.286. The molecule has 0 saturated heterocycles. The highest BCUT2D eigenvalue weighted by atomic mass is 35.5. The number of ether oxygens (including phenoxy) is 1. The molecule has 24 heavy (non-hydrogen) atoms. The predicted octanol–water partition coefficient (Wildman–Crippen LogP) is 1.28. The molecule has 2 rings (SSSR count). The number of benzene rings is 1. The molecule has 1 atom stereocenters. The fourth-order valence-electron chi connectivity index (χ4n) is 1.88. The molecule has 1 aromatic carbocycles. The van der Waals surface area contributed by atoms with Gasteiger partial charge in [0.15, 0.2) is 11.5 Å². The molecule has 0 spiro atoms. The van der Waals surface area contributed by atoms with Gasteiger partial charge in [0.2, 0.25) is 0 Å². The van der Waals surface area contributed by atoms with Crippen LogP contribution in [-0.4, -0.2) is 51.7 Å². The number of carboxylic acids is 1. The first-order valence-corrected chi connectivity index (χ1v) is 7.21. The van der Waals surface area contributed by atoms with Gasteiger partial charge in [-0.05, 0) is 12.1 Å². The first-order valence-electron chi connectivity index (χ1n) is 6.83. The average molecular weight is 357 g/mol. The molecule has 1 aromatic heterocycles. The topological polar surface area (TPSA) is 106 Å². The summed E-state index contributed by atoms with van der Waals surface area (Å²) >= 11 is 5.69. The van der Waals surface area contributed by atoms with Crippen molar-refractivity contribution < 1.29 is 23.8 Å². The lowest BCUT2D eigenvalue weighted by molar-refractivity contribution is -0.139. The van der Waals surface area contributed by atoms with Crippen molar-refractivity contribution in [2.45, 2.75) is 12.5 Å². The Bertz CT molecular complexity index is 752. The van der Waals surface area contributed by atoms with E-state index in [2.05, 4.69) is 15.6 Å². The van der Waals surface area contributed by atoms with Crippen molar-refractivity contribution >= 4 is 23.5 Å². The van der Waals surface area contributed by atoms with E-state index in [4.69, 9.17) is 21.4 Å². The van der Waals surface area contributed by atoms with Gasteiger partial charge in [-0.2, -0.15) is 0 Å². The van der Waals surface area contributed by atoms with Crippen molar-refractivity contribution in [3.8, 4) is 5.69 Å². The van der Waals surface area contributed by atoms with Crippen molar-refractivity contribution in [1.82, 2.24) is 20.3 Å². The van der Waals surface area contributed by atoms with E-state index in [0.717, 1.165) is 4.68 Å². The Labute approximate surface area is 141 Å². The van der Waals surface area contributed by atoms with Crippen molar-refractivity contribution in [2.75, 3.05) is 13.7 Å². The van der Waals surface area contributed by atoms with Crippen LogP contribution in [0.1, 0.15) is 16.9 Å². The van der Waals surface area contributed by atoms with Gasteiger partial charge in [-0.3, -0.25) is 4.79 Å². The first-order chi connectivity index (χ1) is 11.4. The number of hydrogen-bond acceptors (Lipinski definition) is 5. The largest absolute Gasteiger partial charge is 0.480 e. The maximum absolute atomic E-state index is 13.9. The molecular formula is C14H14ClFN4O4. The monoisotopic (exact) mass is 356 g/mol. The zero-order valence-corrected chi connectivity index (χ0v) is 13.3. The smallest absolute Gasteiger partial charge is 0.326 e. The highest BCUT2D eigenvalue weighted by Crippen LogP contribution is 2.20. The number of nitrogens with zero attached hydrogens (tertiary/aromatic N) is 3. The number of aromatic nitrogens is 3. The van der Waals surface area contributed by atoms with Gasteiger partial charge in [-0.15, -0.1) is 5.10 Å². The minimum absolute atomic E-state index is 0.0169. The molecule has 0 aliphatic carbocycles. The van der Waals surface area contributed by atoms with Crippen LogP contribution in [0.15, 0.2) is 24.4 Å². The number of rotatable bonds is 7. The number of carbonyl (C=O) groups excluding carboxylic acids is 1. The maximum Gasteiger partial charge on any atom is 0.326 e. The van der Waals surface area contributed by atoms with E-state index in [1.165, 1.54) is 31.5 Å². The van der Waals surface area contributed by atoms with Crippen LogP contribution in [0.4, 0.5) is 4.39 Å². The van der Waals surface area contributed by atoms with Gasteiger partial charge < -0.3 is 15.2 Å². The predicted molar refractivity (Wildman–Crippen MR) is 81.7 cm³/mol. The lowest BCUT2D eigenvalue weighted by atomic mass is 10.2. The van der Waals surface area contributed by atoms with Crippen LogP contribution in [0.25, 0.3) is 5.69 Å². The molecular weight excluding hydrogens is 343 g/mol. The average Bonchev–Trinajstić information content (AvgIpc) is 3.03. The zero-order chi connectivity index (χ0) is 17.7. The summed E-state index contributed by atoms with van der Waals surface area (Å²) in [5.41, 5.74) is -0.138. The van der Waals surface area contributed by atoms with E-state index < -0.39 is 23.7 Å². The summed E-state index contributed by atoms with van der Waals surface area (Å²) in [5.74, 6) is -2.65. The molecule has 2 aromatic rings. The summed E-state index contributed by atoms with van der Waals surface area (Å²) in [6.07, 6.45) is 1.27. The SMILES string of the molecule is COCCC(NC(=O)c1cn(-c2cccc(Cl)c2F)nn1)C(=O)O. The summed E-state index contributed by atoms with van der Waals surface area (Å²) in [6.45, 7) is 0.164. The Morgan fingerprint density at radius 1 is 1.50 bits per heavy atom. The normalized spacial score (nSPS) is 12.0. The van der Waals surface area contributed by atoms with Gasteiger partial charge in [0.1, 0.15) is 11.7 Å². The molecule has 0 bridgehead atoms. The van der Waals surface area contributed by atoms with Crippen LogP contribution < -0.4 is 5.32 Å². The van der Waals surface area contributed by atoms with Gasteiger partial charge >= 0.3 is 5.97 Å². The quantitative estimate of drug-likeness (QED) is 0.774. The number of methoxy groups -OCH3 is 1. The van der Waals surface area contributed by atoms with Crippen LogP contribution >= 0.6 is 11.6 Å². The summed E-state index contributed by atoms with van der Waals surface area (Å²) in [5, 5.41) is 18.6. The van der Waals surface area contributed by atoms with E-state index >= 15 is 0 Å². The van der Waals surface area contributed by atoms with E-state index in [1.807, 2.05) is 0 Å². The molecule has 0 aliphatic rings. The minimum atomic E-state index is -1.20. The first kappa shape index (κ1) is 17.8. The molecule has 0 fully saturated rings. The molecule has 1 heterocycles. The second kappa shape index (κ2) is 7.84. The molecule has 8 nitrogen and oxygen atoms in total. The molecule has 1 amide bonds. The van der Waals surface area contributed by atoms with Crippen LogP contribution in [0.5, 0.6) is 0 Å². The van der Waals surface area contributed by atoms with E-state index in [-0.39, 0.29) is 29.4 Å². The maximum atomic E-state index is 13.9. The van der Waals surface area contributed by atoms with Crippen molar-refractivity contribution in [3.63, 3.8) is 0 Å². The Morgan fingerprint density at radius 3 is 2.92 bits per heavy atom. The van der Waals surface area contributed by atoms with E-state index in [1.54, 1.807) is 0 Å². The number of carbonyl (C=O) groups is 2. The Balaban J connectivity index is 2.16. The second-order valence-electron chi connectivity index (χ2n) is 4.77. The van der Waals surface area contributed by atoms with Crippen LogP contribution in [-0.2, 0) is 9.53 Å². The number of carboxylic acid groups (broad SMARTS) is 1.